The van der Waals surface area contributed by atoms with E-state index in [4.69, 9.17) is 19.4 Å². The molecule has 0 spiro atoms. The molecule has 0 amide bonds. The fraction of sp³-hybridized carbons (Fsp3) is 0. The van der Waals surface area contributed by atoms with Crippen molar-refractivity contribution in [3.63, 3.8) is 0 Å². The Morgan fingerprint density at radius 2 is 0.952 bits per heavy atom. The highest BCUT2D eigenvalue weighted by Crippen LogP contribution is 2.42. The molecule has 288 valence electrons. The van der Waals surface area contributed by atoms with Gasteiger partial charge < -0.3 is 8.98 Å². The van der Waals surface area contributed by atoms with Crippen LogP contribution < -0.4 is 0 Å². The lowest BCUT2D eigenvalue weighted by molar-refractivity contribution is 0.669. The zero-order valence-corrected chi connectivity index (χ0v) is 33.3. The second-order valence-corrected chi connectivity index (χ2v) is 16.0. The first-order chi connectivity index (χ1) is 30.7. The van der Waals surface area contributed by atoms with Gasteiger partial charge in [0, 0.05) is 43.9 Å². The van der Waals surface area contributed by atoms with E-state index in [0.717, 1.165) is 71.7 Å². The van der Waals surface area contributed by atoms with Crippen molar-refractivity contribution in [3.05, 3.63) is 206 Å². The lowest BCUT2D eigenvalue weighted by Gasteiger charge is -2.14. The molecule has 0 aliphatic carbocycles. The van der Waals surface area contributed by atoms with Crippen LogP contribution in [0.15, 0.2) is 211 Å². The van der Waals surface area contributed by atoms with E-state index in [9.17, 15) is 0 Å². The summed E-state index contributed by atoms with van der Waals surface area (Å²) < 4.78 is 9.08. The van der Waals surface area contributed by atoms with Gasteiger partial charge in [0.2, 0.25) is 0 Å². The van der Waals surface area contributed by atoms with Crippen LogP contribution in [0.3, 0.4) is 0 Å². The summed E-state index contributed by atoms with van der Waals surface area (Å²) >= 11 is 0. The average Bonchev–Trinajstić information content (AvgIpc) is 3.88. The smallest absolute Gasteiger partial charge is 0.164 e. The first-order valence-electron chi connectivity index (χ1n) is 20.9. The van der Waals surface area contributed by atoms with E-state index in [1.807, 2.05) is 42.5 Å². The molecule has 0 aliphatic heterocycles. The molecule has 10 aromatic carbocycles. The monoisotopic (exact) mass is 790 g/mol. The van der Waals surface area contributed by atoms with Crippen LogP contribution in [-0.4, -0.2) is 19.5 Å². The van der Waals surface area contributed by atoms with Crippen LogP contribution in [0.4, 0.5) is 0 Å². The average molecular weight is 791 g/mol. The minimum Gasteiger partial charge on any atom is -0.456 e. The topological polar surface area (TPSA) is 56.7 Å². The van der Waals surface area contributed by atoms with E-state index in [-0.39, 0.29) is 0 Å². The van der Waals surface area contributed by atoms with E-state index in [1.165, 1.54) is 37.9 Å². The van der Waals surface area contributed by atoms with Crippen LogP contribution >= 0.6 is 0 Å². The third kappa shape index (κ3) is 5.38. The Labute approximate surface area is 355 Å². The molecule has 0 atom stereocenters. The Kier molecular flexibility index (Phi) is 7.54. The molecule has 5 heteroatoms. The maximum absolute atomic E-state index is 6.68. The quantitative estimate of drug-likeness (QED) is 0.174. The fourth-order valence-electron chi connectivity index (χ4n) is 9.50. The van der Waals surface area contributed by atoms with Gasteiger partial charge in [-0.05, 0) is 85.9 Å². The summed E-state index contributed by atoms with van der Waals surface area (Å²) in [5.41, 5.74) is 10.0. The Balaban J connectivity index is 1.04. The normalized spacial score (nSPS) is 11.9. The third-order valence-electron chi connectivity index (χ3n) is 12.4. The number of aromatic nitrogens is 4. The number of rotatable bonds is 5. The lowest BCUT2D eigenvalue weighted by atomic mass is 9.97. The first kappa shape index (κ1) is 34.5. The molecule has 13 rings (SSSR count). The number of fused-ring (bicyclic) bond motifs is 10. The maximum atomic E-state index is 6.68. The molecule has 5 nitrogen and oxygen atoms in total. The van der Waals surface area contributed by atoms with E-state index in [0.29, 0.717) is 17.5 Å². The molecular formula is C57H34N4O. The molecule has 0 bridgehead atoms. The van der Waals surface area contributed by atoms with Gasteiger partial charge in [0.15, 0.2) is 17.5 Å². The van der Waals surface area contributed by atoms with Crippen molar-refractivity contribution in [2.75, 3.05) is 0 Å². The second kappa shape index (κ2) is 13.6. The van der Waals surface area contributed by atoms with Gasteiger partial charge in [0.1, 0.15) is 11.2 Å². The van der Waals surface area contributed by atoms with Crippen LogP contribution in [0.1, 0.15) is 0 Å². The summed E-state index contributed by atoms with van der Waals surface area (Å²) in [5.74, 6) is 1.79. The molecule has 0 N–H and O–H groups in total. The third-order valence-corrected chi connectivity index (χ3v) is 12.4. The van der Waals surface area contributed by atoms with Gasteiger partial charge in [0.25, 0.3) is 0 Å². The largest absolute Gasteiger partial charge is 0.456 e. The zero-order chi connectivity index (χ0) is 40.7. The van der Waals surface area contributed by atoms with Crippen LogP contribution in [0, 0.1) is 0 Å². The standard InChI is InChI=1S/C57H34N4O/c1-2-14-37(15-3-1)55-58-56(38-27-25-36(26-28-38)43-22-12-18-35-13-6-7-19-42(35)43)60-57(59-55)49-34-53-54(46-21-9-11-24-52(46)62-53)48-33-41(29-30-44(48)49)61-50-23-10-8-20-45(50)47-31-39-16-4-5-17-40(39)32-51(47)61/h1-34H. The Morgan fingerprint density at radius 1 is 0.323 bits per heavy atom. The van der Waals surface area contributed by atoms with Gasteiger partial charge >= 0.3 is 0 Å². The van der Waals surface area contributed by atoms with E-state index >= 15 is 0 Å². The van der Waals surface area contributed by atoms with Crippen LogP contribution in [-0.2, 0) is 0 Å². The van der Waals surface area contributed by atoms with Gasteiger partial charge in [-0.2, -0.15) is 0 Å². The highest BCUT2D eigenvalue weighted by molar-refractivity contribution is 6.22. The number of benzene rings is 10. The van der Waals surface area contributed by atoms with Gasteiger partial charge in [-0.15, -0.1) is 0 Å². The van der Waals surface area contributed by atoms with E-state index in [2.05, 4.69) is 168 Å². The summed E-state index contributed by atoms with van der Waals surface area (Å²) in [4.78, 5) is 15.6. The highest BCUT2D eigenvalue weighted by atomic mass is 16.3. The van der Waals surface area contributed by atoms with Crippen LogP contribution in [0.2, 0.25) is 0 Å². The summed E-state index contributed by atoms with van der Waals surface area (Å²) in [6.45, 7) is 0. The van der Waals surface area contributed by atoms with Crippen LogP contribution in [0.5, 0.6) is 0 Å². The number of para-hydroxylation sites is 2. The van der Waals surface area contributed by atoms with E-state index < -0.39 is 0 Å². The predicted molar refractivity (Wildman–Crippen MR) is 256 cm³/mol. The second-order valence-electron chi connectivity index (χ2n) is 16.0. The zero-order valence-electron chi connectivity index (χ0n) is 33.3. The lowest BCUT2D eigenvalue weighted by Crippen LogP contribution is -2.01. The fourth-order valence-corrected chi connectivity index (χ4v) is 9.50. The summed E-state index contributed by atoms with van der Waals surface area (Å²) in [5, 5.41) is 11.5. The molecular weight excluding hydrogens is 757 g/mol. The number of hydrogen-bond acceptors (Lipinski definition) is 4. The van der Waals surface area contributed by atoms with Gasteiger partial charge in [-0.3, -0.25) is 0 Å². The Hall–Kier alpha value is -8.41. The van der Waals surface area contributed by atoms with Crippen molar-refractivity contribution < 1.29 is 4.42 Å². The number of nitrogens with zero attached hydrogens (tertiary/aromatic N) is 4. The van der Waals surface area contributed by atoms with Crippen molar-refractivity contribution in [1.29, 1.82) is 0 Å². The van der Waals surface area contributed by atoms with Crippen molar-refractivity contribution in [2.45, 2.75) is 0 Å². The molecule has 3 aromatic heterocycles. The first-order valence-corrected chi connectivity index (χ1v) is 20.9. The molecule has 0 unspecified atom stereocenters. The predicted octanol–water partition coefficient (Wildman–Crippen LogP) is 15.0. The molecule has 0 saturated carbocycles. The van der Waals surface area contributed by atoms with Crippen molar-refractivity contribution in [2.24, 2.45) is 0 Å². The minimum absolute atomic E-state index is 0.579. The van der Waals surface area contributed by atoms with Gasteiger partial charge in [-0.1, -0.05) is 164 Å². The Morgan fingerprint density at radius 3 is 1.77 bits per heavy atom. The van der Waals surface area contributed by atoms with Crippen molar-refractivity contribution in [3.8, 4) is 51.0 Å². The van der Waals surface area contributed by atoms with Gasteiger partial charge in [0.05, 0.1) is 11.0 Å². The van der Waals surface area contributed by atoms with E-state index in [1.54, 1.807) is 0 Å². The van der Waals surface area contributed by atoms with Gasteiger partial charge in [-0.25, -0.2) is 15.0 Å². The molecule has 3 heterocycles. The van der Waals surface area contributed by atoms with Crippen molar-refractivity contribution in [1.82, 2.24) is 19.5 Å². The van der Waals surface area contributed by atoms with Crippen molar-refractivity contribution >= 4 is 76.1 Å². The SMILES string of the molecule is c1ccc(-c2nc(-c3ccc(-c4cccc5ccccc45)cc3)nc(-c3cc4oc5ccccc5c4c4cc(-n5c6ccccc6c6cc7ccccc7cc65)ccc34)n2)cc1. The molecule has 0 fully saturated rings. The number of furan rings is 1. The molecule has 0 radical (unpaired) electrons. The summed E-state index contributed by atoms with van der Waals surface area (Å²) in [6, 6.07) is 72.8. The Bertz CT molecular complexity index is 3910. The molecule has 13 aromatic rings. The molecule has 0 saturated heterocycles. The molecule has 62 heavy (non-hydrogen) atoms. The highest BCUT2D eigenvalue weighted by Gasteiger charge is 2.21. The minimum atomic E-state index is 0.579. The van der Waals surface area contributed by atoms with Crippen LogP contribution in [0.25, 0.3) is 127 Å². The molecule has 0 aliphatic rings. The summed E-state index contributed by atoms with van der Waals surface area (Å²) in [7, 11) is 0. The number of hydrogen-bond donors (Lipinski definition) is 0. The maximum Gasteiger partial charge on any atom is 0.164 e. The summed E-state index contributed by atoms with van der Waals surface area (Å²) in [6.07, 6.45) is 0.